The fourth-order valence-corrected chi connectivity index (χ4v) is 2.39. The molecule has 0 aromatic heterocycles. The van der Waals surface area contributed by atoms with Gasteiger partial charge in [-0.05, 0) is 43.0 Å². The van der Waals surface area contributed by atoms with E-state index in [4.69, 9.17) is 15.2 Å². The van der Waals surface area contributed by atoms with Gasteiger partial charge in [-0.25, -0.2) is 0 Å². The van der Waals surface area contributed by atoms with Crippen molar-refractivity contribution in [2.45, 2.75) is 25.8 Å². The van der Waals surface area contributed by atoms with Gasteiger partial charge in [0.1, 0.15) is 0 Å². The fraction of sp³-hybridized carbons (Fsp3) is 0.571. The molecule has 3 N–H and O–H groups in total. The number of hydrogen-bond donors (Lipinski definition) is 2. The van der Waals surface area contributed by atoms with E-state index >= 15 is 0 Å². The Morgan fingerprint density at radius 3 is 2.28 bits per heavy atom. The van der Waals surface area contributed by atoms with Gasteiger partial charge < -0.3 is 20.3 Å². The summed E-state index contributed by atoms with van der Waals surface area (Å²) in [6, 6.07) is 3.71. The number of methoxy groups -OCH3 is 2. The monoisotopic (exact) mass is 251 g/mol. The van der Waals surface area contributed by atoms with Crippen LogP contribution in [0.3, 0.4) is 0 Å². The van der Waals surface area contributed by atoms with Crippen LogP contribution in [0.5, 0.6) is 11.5 Å². The summed E-state index contributed by atoms with van der Waals surface area (Å²) < 4.78 is 10.6. The summed E-state index contributed by atoms with van der Waals surface area (Å²) >= 11 is 0. The number of aryl methyl sites for hydroxylation is 1. The summed E-state index contributed by atoms with van der Waals surface area (Å²) in [5, 5.41) is 9.47. The van der Waals surface area contributed by atoms with E-state index in [0.29, 0.717) is 11.5 Å². The van der Waals surface area contributed by atoms with Crippen molar-refractivity contribution in [2.75, 3.05) is 20.8 Å². The Morgan fingerprint density at radius 2 is 1.83 bits per heavy atom. The molecule has 2 rings (SSSR count). The number of hydrogen-bond acceptors (Lipinski definition) is 4. The van der Waals surface area contributed by atoms with Crippen molar-refractivity contribution in [3.05, 3.63) is 23.3 Å². The second-order valence-corrected chi connectivity index (χ2v) is 5.06. The highest BCUT2D eigenvalue weighted by molar-refractivity contribution is 5.48. The van der Waals surface area contributed by atoms with Crippen molar-refractivity contribution in [3.8, 4) is 11.5 Å². The third-order valence-corrected chi connectivity index (χ3v) is 3.97. The maximum Gasteiger partial charge on any atom is 0.161 e. The molecule has 1 saturated carbocycles. The average molecular weight is 251 g/mol. The van der Waals surface area contributed by atoms with Crippen LogP contribution in [-0.4, -0.2) is 25.9 Å². The molecule has 0 radical (unpaired) electrons. The van der Waals surface area contributed by atoms with Crippen molar-refractivity contribution < 1.29 is 14.6 Å². The molecule has 18 heavy (non-hydrogen) atoms. The number of benzene rings is 1. The molecule has 0 spiro atoms. The second kappa shape index (κ2) is 4.78. The maximum absolute atomic E-state index is 9.47. The van der Waals surface area contributed by atoms with Crippen molar-refractivity contribution in [1.29, 1.82) is 0 Å². The van der Waals surface area contributed by atoms with E-state index in [1.165, 1.54) is 0 Å². The van der Waals surface area contributed by atoms with Crippen LogP contribution in [0.2, 0.25) is 0 Å². The third kappa shape index (κ3) is 2.06. The highest BCUT2D eigenvalue weighted by Gasteiger charge is 2.48. The van der Waals surface area contributed by atoms with Crippen molar-refractivity contribution in [1.82, 2.24) is 0 Å². The molecule has 4 heteroatoms. The Balaban J connectivity index is 2.39. The van der Waals surface area contributed by atoms with Gasteiger partial charge in [-0.2, -0.15) is 0 Å². The Kier molecular flexibility index (Phi) is 3.50. The Morgan fingerprint density at radius 1 is 1.28 bits per heavy atom. The minimum absolute atomic E-state index is 0.135. The molecule has 0 amide bonds. The van der Waals surface area contributed by atoms with Gasteiger partial charge in [0.05, 0.1) is 20.8 Å². The number of aliphatic hydroxyl groups is 1. The first-order valence-corrected chi connectivity index (χ1v) is 6.17. The summed E-state index contributed by atoms with van der Waals surface area (Å²) in [6.07, 6.45) is 1.97. The van der Waals surface area contributed by atoms with Crippen molar-refractivity contribution >= 4 is 0 Å². The summed E-state index contributed by atoms with van der Waals surface area (Å²) in [6.45, 7) is 2.15. The molecule has 1 aromatic carbocycles. The fourth-order valence-electron chi connectivity index (χ4n) is 2.39. The van der Waals surface area contributed by atoms with E-state index < -0.39 is 0 Å². The molecule has 1 atom stereocenters. The smallest absolute Gasteiger partial charge is 0.161 e. The third-order valence-electron chi connectivity index (χ3n) is 3.97. The maximum atomic E-state index is 9.47. The largest absolute Gasteiger partial charge is 0.493 e. The Hall–Kier alpha value is -1.26. The highest BCUT2D eigenvalue weighted by Crippen LogP contribution is 2.54. The van der Waals surface area contributed by atoms with E-state index in [0.717, 1.165) is 24.0 Å². The number of nitrogens with two attached hydrogens (primary N) is 1. The van der Waals surface area contributed by atoms with E-state index in [2.05, 4.69) is 0 Å². The topological polar surface area (TPSA) is 64.7 Å². The Labute approximate surface area is 108 Å². The molecule has 0 aliphatic heterocycles. The first kappa shape index (κ1) is 13.2. The van der Waals surface area contributed by atoms with Crippen molar-refractivity contribution in [2.24, 2.45) is 11.1 Å². The van der Waals surface area contributed by atoms with Gasteiger partial charge in [0, 0.05) is 11.5 Å². The molecule has 0 heterocycles. The zero-order chi connectivity index (χ0) is 13.3. The molecular weight excluding hydrogens is 230 g/mol. The normalized spacial score (nSPS) is 18.3. The molecule has 0 saturated heterocycles. The van der Waals surface area contributed by atoms with Crippen LogP contribution in [-0.2, 0) is 0 Å². The highest BCUT2D eigenvalue weighted by atomic mass is 16.5. The summed E-state index contributed by atoms with van der Waals surface area (Å²) in [5.74, 6) is 1.39. The van der Waals surface area contributed by atoms with Crippen LogP contribution in [0.1, 0.15) is 30.0 Å². The molecule has 1 aliphatic rings. The minimum Gasteiger partial charge on any atom is -0.493 e. The van der Waals surface area contributed by atoms with Crippen LogP contribution in [0.4, 0.5) is 0 Å². The molecule has 1 unspecified atom stereocenters. The SMILES string of the molecule is COc1cc(C)c(C(N)C2(CO)CC2)cc1OC. The van der Waals surface area contributed by atoms with E-state index in [1.807, 2.05) is 19.1 Å². The summed E-state index contributed by atoms with van der Waals surface area (Å²) in [7, 11) is 3.23. The van der Waals surface area contributed by atoms with E-state index in [-0.39, 0.29) is 18.1 Å². The molecular formula is C14H21NO3. The first-order valence-electron chi connectivity index (χ1n) is 6.17. The van der Waals surface area contributed by atoms with Gasteiger partial charge in [0.25, 0.3) is 0 Å². The molecule has 100 valence electrons. The first-order chi connectivity index (χ1) is 8.57. The number of ether oxygens (including phenoxy) is 2. The standard InChI is InChI=1S/C14H21NO3/c1-9-6-11(17-2)12(18-3)7-10(9)13(15)14(8-16)4-5-14/h6-7,13,16H,4-5,8,15H2,1-3H3. The van der Waals surface area contributed by atoms with Gasteiger partial charge in [-0.3, -0.25) is 0 Å². The van der Waals surface area contributed by atoms with Crippen LogP contribution < -0.4 is 15.2 Å². The van der Waals surface area contributed by atoms with Crippen LogP contribution in [0, 0.1) is 12.3 Å². The molecule has 4 nitrogen and oxygen atoms in total. The molecule has 0 bridgehead atoms. The van der Waals surface area contributed by atoms with Crippen LogP contribution >= 0.6 is 0 Å². The zero-order valence-electron chi connectivity index (χ0n) is 11.2. The van der Waals surface area contributed by atoms with Crippen LogP contribution in [0.25, 0.3) is 0 Å². The van der Waals surface area contributed by atoms with Gasteiger partial charge in [-0.1, -0.05) is 0 Å². The lowest BCUT2D eigenvalue weighted by atomic mass is 9.88. The molecule has 1 aliphatic carbocycles. The Bertz CT molecular complexity index is 441. The van der Waals surface area contributed by atoms with E-state index in [9.17, 15) is 5.11 Å². The summed E-state index contributed by atoms with van der Waals surface area (Å²) in [4.78, 5) is 0. The zero-order valence-corrected chi connectivity index (χ0v) is 11.2. The predicted octanol–water partition coefficient (Wildman–Crippen LogP) is 1.78. The lowest BCUT2D eigenvalue weighted by Gasteiger charge is -2.24. The minimum atomic E-state index is -0.151. The van der Waals surface area contributed by atoms with Gasteiger partial charge >= 0.3 is 0 Å². The van der Waals surface area contributed by atoms with Gasteiger partial charge in [0.15, 0.2) is 11.5 Å². The summed E-state index contributed by atoms with van der Waals surface area (Å²) in [5.41, 5.74) is 8.27. The number of aliphatic hydroxyl groups excluding tert-OH is 1. The average Bonchev–Trinajstić information content (AvgIpc) is 3.18. The number of rotatable bonds is 5. The van der Waals surface area contributed by atoms with Crippen molar-refractivity contribution in [3.63, 3.8) is 0 Å². The molecule has 1 fully saturated rings. The van der Waals surface area contributed by atoms with Gasteiger partial charge in [0.2, 0.25) is 0 Å². The lowest BCUT2D eigenvalue weighted by Crippen LogP contribution is -2.26. The quantitative estimate of drug-likeness (QED) is 0.837. The van der Waals surface area contributed by atoms with E-state index in [1.54, 1.807) is 14.2 Å². The second-order valence-electron chi connectivity index (χ2n) is 5.06. The van der Waals surface area contributed by atoms with Crippen LogP contribution in [0.15, 0.2) is 12.1 Å². The molecule has 1 aromatic rings. The lowest BCUT2D eigenvalue weighted by molar-refractivity contribution is 0.187. The predicted molar refractivity (Wildman–Crippen MR) is 70.0 cm³/mol. The van der Waals surface area contributed by atoms with Gasteiger partial charge in [-0.15, -0.1) is 0 Å².